The number of carbonyl (C=O) groups excluding carboxylic acids is 1. The zero-order valence-corrected chi connectivity index (χ0v) is 19.4. The molecule has 2 aliphatic carbocycles. The first-order chi connectivity index (χ1) is 16.1. The molecular formula is C25H33N7O. The average molecular weight is 448 g/mol. The molecule has 0 unspecified atom stereocenters. The maximum absolute atomic E-state index is 12.7. The number of hydrogen-bond donors (Lipinski definition) is 1. The molecule has 8 heteroatoms. The van der Waals surface area contributed by atoms with E-state index < -0.39 is 0 Å². The van der Waals surface area contributed by atoms with Gasteiger partial charge in [-0.25, -0.2) is 15.0 Å². The Labute approximate surface area is 196 Å². The van der Waals surface area contributed by atoms with Gasteiger partial charge in [-0.15, -0.1) is 0 Å². The second-order valence-electron chi connectivity index (χ2n) is 9.09. The lowest BCUT2D eigenvalue weighted by Gasteiger charge is -2.29. The Morgan fingerprint density at radius 2 is 2.09 bits per heavy atom. The monoisotopic (exact) mass is 447 g/mol. The fourth-order valence-corrected chi connectivity index (χ4v) is 4.82. The topological polar surface area (TPSA) is 88.8 Å². The lowest BCUT2D eigenvalue weighted by atomic mass is 9.92. The van der Waals surface area contributed by atoms with Crippen LogP contribution in [0.4, 0.5) is 5.82 Å². The fourth-order valence-electron chi connectivity index (χ4n) is 4.82. The van der Waals surface area contributed by atoms with E-state index in [1.54, 1.807) is 6.20 Å². The smallest absolute Gasteiger partial charge is 0.239 e. The Bertz CT molecular complexity index is 1140. The van der Waals surface area contributed by atoms with E-state index in [-0.39, 0.29) is 13.9 Å². The summed E-state index contributed by atoms with van der Waals surface area (Å²) < 4.78 is 2.35. The number of rotatable bonds is 8. The molecule has 0 radical (unpaired) electrons. The number of carbonyl (C=O) groups is 1. The van der Waals surface area contributed by atoms with Crippen LogP contribution < -0.4 is 10.2 Å². The summed E-state index contributed by atoms with van der Waals surface area (Å²) in [6, 6.07) is 6.32. The molecule has 174 valence electrons. The van der Waals surface area contributed by atoms with Crippen LogP contribution in [-0.2, 0) is 24.1 Å². The summed E-state index contributed by atoms with van der Waals surface area (Å²) in [6.07, 6.45) is 11.1. The molecule has 2 aliphatic rings. The van der Waals surface area contributed by atoms with Crippen LogP contribution in [0.25, 0.3) is 11.5 Å². The van der Waals surface area contributed by atoms with Crippen LogP contribution in [0.2, 0.25) is 0 Å². The number of anilines is 1. The molecule has 3 heterocycles. The molecule has 5 rings (SSSR count). The summed E-state index contributed by atoms with van der Waals surface area (Å²) in [6.45, 7) is 2.94. The zero-order valence-electron chi connectivity index (χ0n) is 19.4. The lowest BCUT2D eigenvalue weighted by molar-refractivity contribution is -0.119. The van der Waals surface area contributed by atoms with Gasteiger partial charge in [0.25, 0.3) is 0 Å². The van der Waals surface area contributed by atoms with Crippen molar-refractivity contribution in [3.63, 3.8) is 0 Å². The van der Waals surface area contributed by atoms with Crippen molar-refractivity contribution in [2.45, 2.75) is 57.9 Å². The summed E-state index contributed by atoms with van der Waals surface area (Å²) >= 11 is 0. The first-order valence-electron chi connectivity index (χ1n) is 11.9. The first kappa shape index (κ1) is 21.6. The number of fused-ring (bicyclic) bond motifs is 1. The van der Waals surface area contributed by atoms with E-state index in [4.69, 9.17) is 9.97 Å². The van der Waals surface area contributed by atoms with Crippen LogP contribution in [0, 0.1) is 6.92 Å². The molecule has 0 aliphatic heterocycles. The summed E-state index contributed by atoms with van der Waals surface area (Å²) in [4.78, 5) is 33.2. The van der Waals surface area contributed by atoms with E-state index in [2.05, 4.69) is 26.8 Å². The molecular weight excluding hydrogens is 414 g/mol. The molecule has 8 nitrogen and oxygen atoms in total. The van der Waals surface area contributed by atoms with Crippen molar-refractivity contribution in [3.8, 4) is 11.5 Å². The summed E-state index contributed by atoms with van der Waals surface area (Å²) in [5.41, 5.74) is 4.19. The van der Waals surface area contributed by atoms with Crippen LogP contribution in [0.3, 0.4) is 0 Å². The van der Waals surface area contributed by atoms with Gasteiger partial charge in [-0.3, -0.25) is 9.78 Å². The van der Waals surface area contributed by atoms with E-state index in [0.29, 0.717) is 18.4 Å². The third-order valence-corrected chi connectivity index (χ3v) is 6.72. The number of aryl methyl sites for hydroxylation is 2. The maximum Gasteiger partial charge on any atom is 0.239 e. The third-order valence-electron chi connectivity index (χ3n) is 6.72. The van der Waals surface area contributed by atoms with Gasteiger partial charge >= 0.3 is 0 Å². The average Bonchev–Trinajstić information content (AvgIpc) is 3.40. The molecule has 0 spiro atoms. The third kappa shape index (κ3) is 4.47. The van der Waals surface area contributed by atoms with Crippen molar-refractivity contribution in [1.29, 1.82) is 0 Å². The molecule has 33 heavy (non-hydrogen) atoms. The molecule has 3 aromatic rings. The Hall–Kier alpha value is -3.29. The standard InChI is InChI=1S/C25H31N7O.H2/c1-17-15-28-22(32(17)18-7-5-8-18)12-14-27-23(33)16-31(2)25-19-9-6-11-20(19)29-24(30-25)21-10-3-4-13-26-21;/h3-4,10,13,15,18H,5-9,11-12,14,16H2,1-2H3,(H,27,33);1H. The molecule has 0 saturated heterocycles. The van der Waals surface area contributed by atoms with Crippen molar-refractivity contribution in [3.05, 3.63) is 53.4 Å². The molecule has 0 bridgehead atoms. The van der Waals surface area contributed by atoms with Gasteiger partial charge in [0.15, 0.2) is 5.82 Å². The van der Waals surface area contributed by atoms with Crippen LogP contribution in [0.1, 0.15) is 55.9 Å². The number of nitrogens with one attached hydrogen (secondary N) is 1. The molecule has 0 aromatic carbocycles. The Balaban J connectivity index is 0.00000274. The predicted molar refractivity (Wildman–Crippen MR) is 129 cm³/mol. The molecule has 1 amide bonds. The van der Waals surface area contributed by atoms with Gasteiger partial charge in [-0.2, -0.15) is 0 Å². The summed E-state index contributed by atoms with van der Waals surface area (Å²) in [5.74, 6) is 2.52. The highest BCUT2D eigenvalue weighted by molar-refractivity contribution is 5.81. The number of imidazole rings is 1. The number of likely N-dealkylation sites (N-methyl/N-ethyl adjacent to an activating group) is 1. The minimum atomic E-state index is -0.0132. The van der Waals surface area contributed by atoms with Crippen molar-refractivity contribution >= 4 is 11.7 Å². The lowest BCUT2D eigenvalue weighted by Crippen LogP contribution is -2.37. The fraction of sp³-hybridized carbons (Fsp3) is 0.480. The predicted octanol–water partition coefficient (Wildman–Crippen LogP) is 3.30. The van der Waals surface area contributed by atoms with E-state index in [0.717, 1.165) is 54.3 Å². The van der Waals surface area contributed by atoms with Crippen LogP contribution in [0.5, 0.6) is 0 Å². The van der Waals surface area contributed by atoms with Gasteiger partial charge in [0.2, 0.25) is 5.91 Å². The van der Waals surface area contributed by atoms with Crippen molar-refractivity contribution in [2.24, 2.45) is 0 Å². The van der Waals surface area contributed by atoms with Crippen LogP contribution in [-0.4, -0.2) is 50.5 Å². The van der Waals surface area contributed by atoms with Crippen LogP contribution in [0.15, 0.2) is 30.6 Å². The second-order valence-corrected chi connectivity index (χ2v) is 9.09. The minimum Gasteiger partial charge on any atom is -0.354 e. The van der Waals surface area contributed by atoms with Crippen molar-refractivity contribution in [1.82, 2.24) is 29.8 Å². The molecule has 1 saturated carbocycles. The van der Waals surface area contributed by atoms with Gasteiger partial charge < -0.3 is 14.8 Å². The number of hydrogen-bond acceptors (Lipinski definition) is 6. The summed E-state index contributed by atoms with van der Waals surface area (Å²) in [5, 5.41) is 3.07. The quantitative estimate of drug-likeness (QED) is 0.570. The number of pyridine rings is 1. The minimum absolute atomic E-state index is 0. The van der Waals surface area contributed by atoms with Gasteiger partial charge in [0, 0.05) is 56.8 Å². The Morgan fingerprint density at radius 3 is 2.85 bits per heavy atom. The Morgan fingerprint density at radius 1 is 1.21 bits per heavy atom. The SMILES string of the molecule is Cc1cnc(CCNC(=O)CN(C)c2nc(-c3ccccn3)nc3c2CCC3)n1C1CCC1.[HH]. The molecule has 1 fully saturated rings. The van der Waals surface area contributed by atoms with Gasteiger partial charge in [0.1, 0.15) is 17.3 Å². The largest absolute Gasteiger partial charge is 0.354 e. The van der Waals surface area contributed by atoms with E-state index in [1.165, 1.54) is 25.0 Å². The number of nitrogens with zero attached hydrogens (tertiary/aromatic N) is 6. The highest BCUT2D eigenvalue weighted by Crippen LogP contribution is 2.33. The van der Waals surface area contributed by atoms with Gasteiger partial charge in [-0.1, -0.05) is 6.07 Å². The number of aromatic nitrogens is 5. The zero-order chi connectivity index (χ0) is 22.8. The van der Waals surface area contributed by atoms with Crippen molar-refractivity contribution < 1.29 is 6.22 Å². The van der Waals surface area contributed by atoms with Crippen LogP contribution >= 0.6 is 0 Å². The van der Waals surface area contributed by atoms with E-state index in [1.807, 2.05) is 36.3 Å². The second kappa shape index (κ2) is 9.29. The highest BCUT2D eigenvalue weighted by atomic mass is 16.2. The van der Waals surface area contributed by atoms with Crippen molar-refractivity contribution in [2.75, 3.05) is 25.0 Å². The normalized spacial score (nSPS) is 15.2. The molecule has 3 aromatic heterocycles. The maximum atomic E-state index is 12.7. The highest BCUT2D eigenvalue weighted by Gasteiger charge is 2.24. The molecule has 1 N–H and O–H groups in total. The summed E-state index contributed by atoms with van der Waals surface area (Å²) in [7, 11) is 1.93. The van der Waals surface area contributed by atoms with E-state index in [9.17, 15) is 4.79 Å². The van der Waals surface area contributed by atoms with Gasteiger partial charge in [-0.05, 0) is 57.6 Å². The molecule has 0 atom stereocenters. The van der Waals surface area contributed by atoms with E-state index >= 15 is 0 Å². The first-order valence-corrected chi connectivity index (χ1v) is 11.9. The number of amides is 1. The Kier molecular flexibility index (Phi) is 6.07. The van der Waals surface area contributed by atoms with Gasteiger partial charge in [0.05, 0.1) is 6.54 Å².